The number of carbonyl (C=O) groups is 2. The number of ether oxygens (including phenoxy) is 3. The molecule has 1 amide bonds. The molecule has 2 rings (SSSR count). The van der Waals surface area contributed by atoms with Crippen molar-refractivity contribution in [2.75, 3.05) is 26.1 Å². The summed E-state index contributed by atoms with van der Waals surface area (Å²) in [5.41, 5.74) is 0.0302. The quantitative estimate of drug-likeness (QED) is 0.764. The third kappa shape index (κ3) is 4.51. The lowest BCUT2D eigenvalue weighted by Crippen LogP contribution is -2.42. The number of hydrogen-bond donors (Lipinski definition) is 1. The second-order valence-corrected chi connectivity index (χ2v) is 6.77. The minimum Gasteiger partial charge on any atom is -0.492 e. The average Bonchev–Trinajstić information content (AvgIpc) is 3.10. The summed E-state index contributed by atoms with van der Waals surface area (Å²) in [6, 6.07) is 4.98. The summed E-state index contributed by atoms with van der Waals surface area (Å²) >= 11 is 0. The Morgan fingerprint density at radius 1 is 1.20 bits per heavy atom. The van der Waals surface area contributed by atoms with Gasteiger partial charge in [0.1, 0.15) is 16.9 Å². The van der Waals surface area contributed by atoms with E-state index in [0.717, 1.165) is 12.8 Å². The van der Waals surface area contributed by atoms with Gasteiger partial charge in [-0.2, -0.15) is 0 Å². The molecule has 25 heavy (non-hydrogen) atoms. The fraction of sp³-hybridized carbons (Fsp3) is 0.579. The van der Waals surface area contributed by atoms with Gasteiger partial charge < -0.3 is 19.5 Å². The Hall–Kier alpha value is -2.08. The molecule has 0 saturated heterocycles. The van der Waals surface area contributed by atoms with Crippen molar-refractivity contribution in [3.8, 4) is 5.75 Å². The van der Waals surface area contributed by atoms with Crippen LogP contribution in [0.5, 0.6) is 5.75 Å². The molecule has 1 aliphatic carbocycles. The Labute approximate surface area is 148 Å². The number of anilines is 1. The highest BCUT2D eigenvalue weighted by Crippen LogP contribution is 2.34. The molecule has 0 spiro atoms. The standard InChI is InChI=1S/C19H27NO5/c1-13(2)12-25-16-8-7-14(11-15(16)17(21)23-3)20-18(22)19(24-4)9-5-6-10-19/h7-8,11,13H,5-6,9-10,12H2,1-4H3,(H,20,22). The zero-order chi connectivity index (χ0) is 18.4. The van der Waals surface area contributed by atoms with Crippen molar-refractivity contribution in [3.05, 3.63) is 23.8 Å². The van der Waals surface area contributed by atoms with E-state index in [1.54, 1.807) is 25.3 Å². The minimum absolute atomic E-state index is 0.181. The summed E-state index contributed by atoms with van der Waals surface area (Å²) in [7, 11) is 2.88. The second-order valence-electron chi connectivity index (χ2n) is 6.77. The maximum Gasteiger partial charge on any atom is 0.341 e. The first kappa shape index (κ1) is 19.2. The summed E-state index contributed by atoms with van der Waals surface area (Å²) < 4.78 is 16.0. The van der Waals surface area contributed by atoms with E-state index in [2.05, 4.69) is 5.32 Å². The lowest BCUT2D eigenvalue weighted by atomic mass is 10.0. The molecule has 1 aromatic carbocycles. The van der Waals surface area contributed by atoms with Gasteiger partial charge in [0.15, 0.2) is 0 Å². The molecular weight excluding hydrogens is 322 g/mol. The molecule has 0 aliphatic heterocycles. The van der Waals surface area contributed by atoms with Gasteiger partial charge in [0, 0.05) is 12.8 Å². The smallest absolute Gasteiger partial charge is 0.341 e. The molecule has 1 fully saturated rings. The van der Waals surface area contributed by atoms with Crippen molar-refractivity contribution in [3.63, 3.8) is 0 Å². The van der Waals surface area contributed by atoms with Crippen LogP contribution in [0.15, 0.2) is 18.2 Å². The topological polar surface area (TPSA) is 73.9 Å². The maximum absolute atomic E-state index is 12.6. The van der Waals surface area contributed by atoms with E-state index >= 15 is 0 Å². The maximum atomic E-state index is 12.6. The molecule has 0 radical (unpaired) electrons. The summed E-state index contributed by atoms with van der Waals surface area (Å²) in [5, 5.41) is 2.86. The average molecular weight is 349 g/mol. The van der Waals surface area contributed by atoms with Crippen molar-refractivity contribution in [2.24, 2.45) is 5.92 Å². The highest BCUT2D eigenvalue weighted by molar-refractivity contribution is 5.99. The Bertz CT molecular complexity index is 620. The van der Waals surface area contributed by atoms with Crippen LogP contribution in [0, 0.1) is 5.92 Å². The van der Waals surface area contributed by atoms with Crippen LogP contribution in [0.1, 0.15) is 49.9 Å². The number of hydrogen-bond acceptors (Lipinski definition) is 5. The van der Waals surface area contributed by atoms with Gasteiger partial charge in [-0.05, 0) is 49.8 Å². The summed E-state index contributed by atoms with van der Waals surface area (Å²) in [4.78, 5) is 24.7. The largest absolute Gasteiger partial charge is 0.492 e. The summed E-state index contributed by atoms with van der Waals surface area (Å²) in [6.07, 6.45) is 3.34. The Kier molecular flexibility index (Phi) is 6.42. The predicted octanol–water partition coefficient (Wildman–Crippen LogP) is 3.41. The van der Waals surface area contributed by atoms with Crippen molar-refractivity contribution in [2.45, 2.75) is 45.1 Å². The molecule has 6 heteroatoms. The Morgan fingerprint density at radius 3 is 2.44 bits per heavy atom. The van der Waals surface area contributed by atoms with Crippen molar-refractivity contribution >= 4 is 17.6 Å². The second kappa shape index (κ2) is 8.34. The zero-order valence-electron chi connectivity index (χ0n) is 15.4. The first-order valence-electron chi connectivity index (χ1n) is 8.63. The van der Waals surface area contributed by atoms with E-state index in [1.807, 2.05) is 13.8 Å². The van der Waals surface area contributed by atoms with Crippen molar-refractivity contribution in [1.29, 1.82) is 0 Å². The van der Waals surface area contributed by atoms with E-state index in [4.69, 9.17) is 14.2 Å². The first-order chi connectivity index (χ1) is 11.9. The molecule has 138 valence electrons. The molecule has 1 aromatic rings. The van der Waals surface area contributed by atoms with Crippen molar-refractivity contribution < 1.29 is 23.8 Å². The van der Waals surface area contributed by atoms with Gasteiger partial charge in [-0.3, -0.25) is 4.79 Å². The number of methoxy groups -OCH3 is 2. The van der Waals surface area contributed by atoms with Crippen LogP contribution in [0.2, 0.25) is 0 Å². The molecule has 0 bridgehead atoms. The number of carbonyl (C=O) groups excluding carboxylic acids is 2. The van der Waals surface area contributed by atoms with Gasteiger partial charge in [-0.15, -0.1) is 0 Å². The van der Waals surface area contributed by atoms with Gasteiger partial charge in [0.2, 0.25) is 0 Å². The highest BCUT2D eigenvalue weighted by atomic mass is 16.5. The minimum atomic E-state index is -0.780. The number of esters is 1. The number of nitrogens with one attached hydrogen (secondary N) is 1. The number of rotatable bonds is 7. The normalized spacial score (nSPS) is 15.9. The number of benzene rings is 1. The first-order valence-corrected chi connectivity index (χ1v) is 8.63. The van der Waals surface area contributed by atoms with Crippen LogP contribution in [0.4, 0.5) is 5.69 Å². The summed E-state index contributed by atoms with van der Waals surface area (Å²) in [5.74, 6) is 0.0889. The van der Waals surface area contributed by atoms with Crippen LogP contribution in [0.3, 0.4) is 0 Å². The monoisotopic (exact) mass is 349 g/mol. The molecule has 1 aliphatic rings. The molecule has 0 atom stereocenters. The van der Waals surface area contributed by atoms with Gasteiger partial charge in [-0.25, -0.2) is 4.79 Å². The zero-order valence-corrected chi connectivity index (χ0v) is 15.4. The van der Waals surface area contributed by atoms with Crippen LogP contribution in [-0.2, 0) is 14.3 Å². The van der Waals surface area contributed by atoms with Crippen LogP contribution in [-0.4, -0.2) is 38.3 Å². The summed E-state index contributed by atoms with van der Waals surface area (Å²) in [6.45, 7) is 4.54. The SMILES string of the molecule is COC(=O)c1cc(NC(=O)C2(OC)CCCC2)ccc1OCC(C)C. The van der Waals surface area contributed by atoms with Gasteiger partial charge >= 0.3 is 5.97 Å². The molecule has 0 unspecified atom stereocenters. The fourth-order valence-electron chi connectivity index (χ4n) is 2.97. The molecule has 1 N–H and O–H groups in total. The molecule has 1 saturated carbocycles. The lowest BCUT2D eigenvalue weighted by Gasteiger charge is -2.26. The van der Waals surface area contributed by atoms with E-state index in [1.165, 1.54) is 7.11 Å². The van der Waals surface area contributed by atoms with E-state index in [0.29, 0.717) is 42.4 Å². The molecule has 6 nitrogen and oxygen atoms in total. The third-order valence-electron chi connectivity index (χ3n) is 4.43. The van der Waals surface area contributed by atoms with E-state index < -0.39 is 11.6 Å². The van der Waals surface area contributed by atoms with Gasteiger partial charge in [-0.1, -0.05) is 13.8 Å². The van der Waals surface area contributed by atoms with Crippen LogP contribution in [0.25, 0.3) is 0 Å². The van der Waals surface area contributed by atoms with E-state index in [9.17, 15) is 9.59 Å². The number of amides is 1. The Balaban J connectivity index is 2.21. The lowest BCUT2D eigenvalue weighted by molar-refractivity contribution is -0.137. The van der Waals surface area contributed by atoms with Crippen molar-refractivity contribution in [1.82, 2.24) is 0 Å². The van der Waals surface area contributed by atoms with Crippen LogP contribution < -0.4 is 10.1 Å². The molecular formula is C19H27NO5. The highest BCUT2D eigenvalue weighted by Gasteiger charge is 2.41. The fourth-order valence-corrected chi connectivity index (χ4v) is 2.97. The molecule has 0 aromatic heterocycles. The van der Waals surface area contributed by atoms with E-state index in [-0.39, 0.29) is 5.91 Å². The molecule has 0 heterocycles. The van der Waals surface area contributed by atoms with Crippen LogP contribution >= 0.6 is 0 Å². The third-order valence-corrected chi connectivity index (χ3v) is 4.43. The Morgan fingerprint density at radius 2 is 1.88 bits per heavy atom. The van der Waals surface area contributed by atoms with Gasteiger partial charge in [0.25, 0.3) is 5.91 Å². The predicted molar refractivity (Wildman–Crippen MR) is 95.0 cm³/mol. The van der Waals surface area contributed by atoms with Gasteiger partial charge in [0.05, 0.1) is 13.7 Å².